The van der Waals surface area contributed by atoms with Crippen molar-refractivity contribution in [2.75, 3.05) is 13.2 Å². The molecule has 12 heteroatoms. The minimum atomic E-state index is -0.977. The summed E-state index contributed by atoms with van der Waals surface area (Å²) >= 11 is 11.0. The van der Waals surface area contributed by atoms with Crippen LogP contribution < -0.4 is 0 Å². The maximum Gasteiger partial charge on any atom is 0.306 e. The lowest BCUT2D eigenvalue weighted by Crippen LogP contribution is -2.30. The van der Waals surface area contributed by atoms with Crippen LogP contribution in [0, 0.1) is 0 Å². The van der Waals surface area contributed by atoms with Crippen LogP contribution in [0.2, 0.25) is 0 Å². The summed E-state index contributed by atoms with van der Waals surface area (Å²) in [5, 5.41) is -0.779. The maximum absolute atomic E-state index is 12.1. The van der Waals surface area contributed by atoms with Crippen LogP contribution in [0.5, 0.6) is 0 Å². The fraction of sp³-hybridized carbons (Fsp3) is 0.714. The highest BCUT2D eigenvalue weighted by Gasteiger charge is 2.19. The van der Waals surface area contributed by atoms with Gasteiger partial charge in [-0.15, -0.1) is 37.9 Å². The van der Waals surface area contributed by atoms with E-state index in [1.807, 2.05) is 0 Å². The summed E-state index contributed by atoms with van der Waals surface area (Å²) in [4.78, 5) is 68.2. The van der Waals surface area contributed by atoms with Crippen molar-refractivity contribution < 1.29 is 43.0 Å². The average molecular weight is 525 g/mol. The molecule has 0 aliphatic rings. The van der Waals surface area contributed by atoms with Crippen LogP contribution >= 0.6 is 37.9 Å². The number of rotatable bonds is 20. The molecule has 0 radical (unpaired) electrons. The Morgan fingerprint density at radius 1 is 0.485 bits per heavy atom. The Bertz CT molecular complexity index is 629. The fourth-order valence-corrected chi connectivity index (χ4v) is 2.99. The minimum absolute atomic E-state index is 0.0506. The summed E-state index contributed by atoms with van der Waals surface area (Å²) in [7, 11) is 0. The quantitative estimate of drug-likeness (QED) is 0.0952. The normalized spacial score (nSPS) is 10.5. The van der Waals surface area contributed by atoms with Crippen molar-refractivity contribution in [3.8, 4) is 0 Å². The van der Waals surface area contributed by atoms with E-state index in [1.165, 1.54) is 0 Å². The second kappa shape index (κ2) is 19.9. The molecule has 0 saturated carbocycles. The monoisotopic (exact) mass is 524 g/mol. The van der Waals surface area contributed by atoms with Gasteiger partial charge in [0.15, 0.2) is 21.4 Å². The Hall–Kier alpha value is -1.53. The molecule has 33 heavy (non-hydrogen) atoms. The van der Waals surface area contributed by atoms with Crippen LogP contribution in [-0.4, -0.2) is 52.6 Å². The van der Waals surface area contributed by atoms with E-state index in [0.29, 0.717) is 38.5 Å². The van der Waals surface area contributed by atoms with Gasteiger partial charge in [0.05, 0.1) is 0 Å². The van der Waals surface area contributed by atoms with E-state index in [4.69, 9.17) is 14.2 Å². The van der Waals surface area contributed by atoms with Gasteiger partial charge in [-0.2, -0.15) is 0 Å². The molecule has 188 valence electrons. The number of hydrogen-bond acceptors (Lipinski definition) is 9. The van der Waals surface area contributed by atoms with Gasteiger partial charge in [-0.1, -0.05) is 0 Å². The Balaban J connectivity index is 4.49. The summed E-state index contributed by atoms with van der Waals surface area (Å²) in [6.07, 6.45) is 2.81. The number of unbranched alkanes of at least 4 members (excludes halogenated alkanes) is 3. The zero-order chi connectivity index (χ0) is 25.1. The Morgan fingerprint density at radius 3 is 1.12 bits per heavy atom. The molecule has 0 bridgehead atoms. The van der Waals surface area contributed by atoms with Crippen LogP contribution in [0.1, 0.15) is 77.0 Å². The van der Waals surface area contributed by atoms with Crippen molar-refractivity contribution in [2.45, 2.75) is 83.2 Å². The molecule has 0 aliphatic carbocycles. The minimum Gasteiger partial charge on any atom is -0.462 e. The van der Waals surface area contributed by atoms with Gasteiger partial charge in [-0.05, 0) is 38.5 Å². The summed E-state index contributed by atoms with van der Waals surface area (Å²) in [5.41, 5.74) is 0. The standard InChI is InChI=1S/C21H32O9S3/c22-16(7-1-4-10-19(25)31)28-13-15(30-18(24)9-3-6-12-21(27)33)14-29-17(23)8-2-5-11-20(26)32/h15H,1-14H2,(H,25,31)(H,26,32)(H,27,33). The van der Waals surface area contributed by atoms with Crippen LogP contribution in [0.3, 0.4) is 0 Å². The number of ether oxygens (including phenoxy) is 3. The highest BCUT2D eigenvalue weighted by molar-refractivity contribution is 7.97. The van der Waals surface area contributed by atoms with E-state index < -0.39 is 24.0 Å². The molecule has 0 aromatic carbocycles. The molecule has 0 aliphatic heterocycles. The number of thiol groups is 3. The van der Waals surface area contributed by atoms with Gasteiger partial charge in [-0.25, -0.2) is 0 Å². The van der Waals surface area contributed by atoms with Gasteiger partial charge < -0.3 is 14.2 Å². The predicted octanol–water partition coefficient (Wildman–Crippen LogP) is 3.04. The fourth-order valence-electron chi connectivity index (χ4n) is 2.51. The smallest absolute Gasteiger partial charge is 0.306 e. The van der Waals surface area contributed by atoms with Gasteiger partial charge in [0.2, 0.25) is 0 Å². The third-order valence-corrected chi connectivity index (χ3v) is 4.89. The Labute approximate surface area is 210 Å². The third kappa shape index (κ3) is 22.0. The largest absolute Gasteiger partial charge is 0.462 e. The Morgan fingerprint density at radius 2 is 0.788 bits per heavy atom. The molecule has 0 heterocycles. The van der Waals surface area contributed by atoms with Crippen molar-refractivity contribution in [2.24, 2.45) is 0 Å². The van der Waals surface area contributed by atoms with Crippen LogP contribution in [-0.2, 0) is 43.0 Å². The van der Waals surface area contributed by atoms with Gasteiger partial charge in [-0.3, -0.25) is 28.8 Å². The van der Waals surface area contributed by atoms with Gasteiger partial charge in [0.1, 0.15) is 13.2 Å². The summed E-state index contributed by atoms with van der Waals surface area (Å²) < 4.78 is 15.5. The number of hydrogen-bond donors (Lipinski definition) is 3. The summed E-state index contributed by atoms with van der Waals surface area (Å²) in [6, 6.07) is 0. The first-order valence-corrected chi connectivity index (χ1v) is 12.1. The molecule has 0 aromatic heterocycles. The zero-order valence-corrected chi connectivity index (χ0v) is 21.2. The lowest BCUT2D eigenvalue weighted by atomic mass is 10.2. The van der Waals surface area contributed by atoms with E-state index in [1.54, 1.807) is 0 Å². The molecular weight excluding hydrogens is 492 g/mol. The zero-order valence-electron chi connectivity index (χ0n) is 18.5. The number of carbonyl (C=O) groups is 6. The molecular formula is C21H32O9S3. The molecule has 0 atom stereocenters. The summed E-state index contributed by atoms with van der Waals surface area (Å²) in [6.45, 7) is -0.570. The highest BCUT2D eigenvalue weighted by atomic mass is 32.1. The first-order chi connectivity index (χ1) is 15.6. The first kappa shape index (κ1) is 31.5. The predicted molar refractivity (Wildman–Crippen MR) is 129 cm³/mol. The van der Waals surface area contributed by atoms with Crippen LogP contribution in [0.4, 0.5) is 0 Å². The topological polar surface area (TPSA) is 130 Å². The molecule has 0 N–H and O–H groups in total. The lowest BCUT2D eigenvalue weighted by molar-refractivity contribution is -0.167. The van der Waals surface area contributed by atoms with Gasteiger partial charge in [0, 0.05) is 38.5 Å². The van der Waals surface area contributed by atoms with E-state index in [9.17, 15) is 28.8 Å². The number of esters is 3. The number of carbonyl (C=O) groups excluding carboxylic acids is 6. The van der Waals surface area contributed by atoms with Crippen molar-refractivity contribution in [3.63, 3.8) is 0 Å². The van der Waals surface area contributed by atoms with E-state index in [-0.39, 0.29) is 67.1 Å². The molecule has 0 unspecified atom stereocenters. The van der Waals surface area contributed by atoms with E-state index in [0.717, 1.165) is 0 Å². The maximum atomic E-state index is 12.1. The Kier molecular flexibility index (Phi) is 19.0. The molecule has 0 saturated heterocycles. The van der Waals surface area contributed by atoms with Crippen molar-refractivity contribution in [3.05, 3.63) is 0 Å². The van der Waals surface area contributed by atoms with Crippen molar-refractivity contribution in [1.82, 2.24) is 0 Å². The second-order valence-electron chi connectivity index (χ2n) is 7.28. The molecule has 0 aromatic rings. The van der Waals surface area contributed by atoms with Gasteiger partial charge in [0.25, 0.3) is 0 Å². The van der Waals surface area contributed by atoms with Crippen molar-refractivity contribution in [1.29, 1.82) is 0 Å². The third-order valence-electron chi connectivity index (χ3n) is 4.22. The van der Waals surface area contributed by atoms with Crippen LogP contribution in [0.25, 0.3) is 0 Å². The summed E-state index contributed by atoms with van der Waals surface area (Å²) in [5.74, 6) is -1.63. The highest BCUT2D eigenvalue weighted by Crippen LogP contribution is 2.09. The SMILES string of the molecule is O=C(S)CCCCC(=O)OCC(COC(=O)CCCCC(=O)S)OC(=O)CCCCC(=O)S. The van der Waals surface area contributed by atoms with Crippen LogP contribution in [0.15, 0.2) is 0 Å². The molecule has 0 rings (SSSR count). The molecule has 0 amide bonds. The average Bonchev–Trinajstić information content (AvgIpc) is 2.73. The van der Waals surface area contributed by atoms with E-state index in [2.05, 4.69) is 37.9 Å². The second-order valence-corrected chi connectivity index (χ2v) is 8.78. The molecule has 0 spiro atoms. The van der Waals surface area contributed by atoms with Crippen molar-refractivity contribution >= 4 is 71.1 Å². The van der Waals surface area contributed by atoms with Gasteiger partial charge >= 0.3 is 17.9 Å². The van der Waals surface area contributed by atoms with E-state index >= 15 is 0 Å². The first-order valence-electron chi connectivity index (χ1n) is 10.8. The molecule has 0 fully saturated rings. The molecule has 9 nitrogen and oxygen atoms in total. The lowest BCUT2D eigenvalue weighted by Gasteiger charge is -2.18.